The molecular weight excluding hydrogens is 396 g/mol. The molecule has 0 N–H and O–H groups in total. The Morgan fingerprint density at radius 3 is 2.58 bits per heavy atom. The minimum Gasteiger partial charge on any atom is -0.494 e. The van der Waals surface area contributed by atoms with Gasteiger partial charge in [0.2, 0.25) is 5.91 Å². The summed E-state index contributed by atoms with van der Waals surface area (Å²) < 4.78 is 12.0. The van der Waals surface area contributed by atoms with Crippen LogP contribution in [0.5, 0.6) is 11.5 Å². The van der Waals surface area contributed by atoms with Gasteiger partial charge in [0.05, 0.1) is 32.1 Å². The average molecular weight is 417 g/mol. The van der Waals surface area contributed by atoms with Crippen molar-refractivity contribution in [2.45, 2.75) is 19.8 Å². The summed E-state index contributed by atoms with van der Waals surface area (Å²) in [4.78, 5) is 14.2. The van der Waals surface area contributed by atoms with Crippen LogP contribution in [0.4, 0.5) is 5.69 Å². The summed E-state index contributed by atoms with van der Waals surface area (Å²) in [6, 6.07) is 16.9. The van der Waals surface area contributed by atoms with Crippen molar-refractivity contribution in [3.8, 4) is 17.6 Å². The number of ether oxygens (including phenoxy) is 2. The van der Waals surface area contributed by atoms with Crippen molar-refractivity contribution in [2.75, 3.05) is 24.7 Å². The van der Waals surface area contributed by atoms with Gasteiger partial charge < -0.3 is 14.4 Å². The van der Waals surface area contributed by atoms with Gasteiger partial charge in [-0.3, -0.25) is 4.79 Å². The highest BCUT2D eigenvalue weighted by atomic mass is 79.9. The molecule has 2 aromatic rings. The maximum Gasteiger partial charge on any atom is 0.230 e. The quantitative estimate of drug-likeness (QED) is 0.600. The van der Waals surface area contributed by atoms with Crippen molar-refractivity contribution in [2.24, 2.45) is 0 Å². The second-order valence-electron chi connectivity index (χ2n) is 5.44. The fourth-order valence-corrected chi connectivity index (χ4v) is 2.77. The Labute approximate surface area is 162 Å². The summed E-state index contributed by atoms with van der Waals surface area (Å²) in [5, 5.41) is 8.87. The zero-order valence-electron chi connectivity index (χ0n) is 14.7. The summed E-state index contributed by atoms with van der Waals surface area (Å²) in [5.74, 6) is 1.37. The molecular formula is C20H21BrN2O3. The highest BCUT2D eigenvalue weighted by Gasteiger charge is 2.15. The molecule has 0 aliphatic heterocycles. The highest BCUT2D eigenvalue weighted by molar-refractivity contribution is 9.10. The van der Waals surface area contributed by atoms with Gasteiger partial charge in [0.1, 0.15) is 11.5 Å². The summed E-state index contributed by atoms with van der Waals surface area (Å²) in [5.41, 5.74) is 0.746. The van der Waals surface area contributed by atoms with Crippen LogP contribution in [0.1, 0.15) is 19.8 Å². The number of benzene rings is 2. The topological polar surface area (TPSA) is 62.6 Å². The third kappa shape index (κ3) is 6.08. The minimum atomic E-state index is -0.0839. The number of carbonyl (C=O) groups is 1. The van der Waals surface area contributed by atoms with E-state index >= 15 is 0 Å². The number of nitrogens with zero attached hydrogens (tertiary/aromatic N) is 2. The number of nitriles is 1. The first kappa shape index (κ1) is 19.8. The summed E-state index contributed by atoms with van der Waals surface area (Å²) in [6.07, 6.45) is 0.497. The molecule has 136 valence electrons. The monoisotopic (exact) mass is 416 g/mol. The molecule has 2 rings (SSSR count). The van der Waals surface area contributed by atoms with E-state index in [0.29, 0.717) is 18.9 Å². The first-order chi connectivity index (χ1) is 12.6. The smallest absolute Gasteiger partial charge is 0.230 e. The Hall–Kier alpha value is -2.52. The van der Waals surface area contributed by atoms with Crippen molar-refractivity contribution < 1.29 is 14.3 Å². The van der Waals surface area contributed by atoms with Crippen LogP contribution in [-0.2, 0) is 4.79 Å². The van der Waals surface area contributed by atoms with E-state index in [1.807, 2.05) is 55.5 Å². The van der Waals surface area contributed by atoms with Gasteiger partial charge in [-0.25, -0.2) is 0 Å². The first-order valence-electron chi connectivity index (χ1n) is 8.42. The van der Waals surface area contributed by atoms with Crippen LogP contribution in [-0.4, -0.2) is 25.7 Å². The first-order valence-corrected chi connectivity index (χ1v) is 9.22. The van der Waals surface area contributed by atoms with E-state index in [-0.39, 0.29) is 25.4 Å². The third-order valence-electron chi connectivity index (χ3n) is 3.59. The van der Waals surface area contributed by atoms with Gasteiger partial charge >= 0.3 is 0 Å². The van der Waals surface area contributed by atoms with Gasteiger partial charge in [-0.05, 0) is 49.4 Å². The van der Waals surface area contributed by atoms with Crippen molar-refractivity contribution in [3.63, 3.8) is 0 Å². The summed E-state index contributed by atoms with van der Waals surface area (Å²) in [6.45, 7) is 3.13. The predicted molar refractivity (Wildman–Crippen MR) is 104 cm³/mol. The minimum absolute atomic E-state index is 0.0839. The molecule has 0 unspecified atom stereocenters. The lowest BCUT2D eigenvalue weighted by Gasteiger charge is -2.22. The number of rotatable bonds is 9. The Bertz CT molecular complexity index is 756. The molecule has 2 aromatic carbocycles. The molecule has 0 aliphatic carbocycles. The molecule has 0 atom stereocenters. The van der Waals surface area contributed by atoms with Crippen molar-refractivity contribution in [1.82, 2.24) is 0 Å². The second-order valence-corrected chi connectivity index (χ2v) is 6.35. The molecule has 0 aliphatic rings. The second kappa shape index (κ2) is 10.5. The third-order valence-corrected chi connectivity index (χ3v) is 4.08. The summed E-state index contributed by atoms with van der Waals surface area (Å²) >= 11 is 3.39. The fraction of sp³-hybridized carbons (Fsp3) is 0.300. The van der Waals surface area contributed by atoms with Crippen LogP contribution < -0.4 is 14.4 Å². The SMILES string of the molecule is CCOc1ccc(N(CCC#N)C(=O)CCOc2cccc(Br)c2)cc1. The van der Waals surface area contributed by atoms with Crippen molar-refractivity contribution >= 4 is 27.5 Å². The summed E-state index contributed by atoms with van der Waals surface area (Å²) in [7, 11) is 0. The molecule has 0 radical (unpaired) electrons. The van der Waals surface area contributed by atoms with E-state index in [1.54, 1.807) is 4.90 Å². The number of amides is 1. The Morgan fingerprint density at radius 1 is 1.15 bits per heavy atom. The number of halogens is 1. The Morgan fingerprint density at radius 2 is 1.92 bits per heavy atom. The number of hydrogen-bond donors (Lipinski definition) is 0. The van der Waals surface area contributed by atoms with Gasteiger partial charge in [-0.15, -0.1) is 0 Å². The van der Waals surface area contributed by atoms with Crippen LogP contribution >= 0.6 is 15.9 Å². The molecule has 6 heteroatoms. The molecule has 1 amide bonds. The zero-order valence-corrected chi connectivity index (χ0v) is 16.2. The van der Waals surface area contributed by atoms with Crippen molar-refractivity contribution in [3.05, 3.63) is 53.0 Å². The van der Waals surface area contributed by atoms with Crippen molar-refractivity contribution in [1.29, 1.82) is 5.26 Å². The lowest BCUT2D eigenvalue weighted by molar-refractivity contribution is -0.119. The molecule has 0 saturated heterocycles. The van der Waals surface area contributed by atoms with Gasteiger partial charge in [-0.1, -0.05) is 22.0 Å². The largest absolute Gasteiger partial charge is 0.494 e. The van der Waals surface area contributed by atoms with Gasteiger partial charge in [0.25, 0.3) is 0 Å². The van der Waals surface area contributed by atoms with Gasteiger partial charge in [0, 0.05) is 16.7 Å². The maximum absolute atomic E-state index is 12.6. The lowest BCUT2D eigenvalue weighted by atomic mass is 10.2. The number of hydrogen-bond acceptors (Lipinski definition) is 4. The Balaban J connectivity index is 1.98. The lowest BCUT2D eigenvalue weighted by Crippen LogP contribution is -2.32. The number of anilines is 1. The zero-order chi connectivity index (χ0) is 18.8. The van der Waals surface area contributed by atoms with Gasteiger partial charge in [0.15, 0.2) is 0 Å². The maximum atomic E-state index is 12.6. The molecule has 0 heterocycles. The van der Waals surface area contributed by atoms with E-state index in [2.05, 4.69) is 22.0 Å². The molecule has 0 bridgehead atoms. The molecule has 0 saturated carbocycles. The Kier molecular flexibility index (Phi) is 7.97. The molecule has 5 nitrogen and oxygen atoms in total. The molecule has 0 aromatic heterocycles. The molecule has 26 heavy (non-hydrogen) atoms. The average Bonchev–Trinajstić information content (AvgIpc) is 2.64. The highest BCUT2D eigenvalue weighted by Crippen LogP contribution is 2.21. The normalized spacial score (nSPS) is 10.0. The van der Waals surface area contributed by atoms with Crippen LogP contribution in [0, 0.1) is 11.3 Å². The van der Waals surface area contributed by atoms with Gasteiger partial charge in [-0.2, -0.15) is 5.26 Å². The molecule has 0 fully saturated rings. The van der Waals surface area contributed by atoms with E-state index in [9.17, 15) is 4.79 Å². The number of carbonyl (C=O) groups excluding carboxylic acids is 1. The standard InChI is InChI=1S/C20H21BrN2O3/c1-2-25-18-9-7-17(8-10-18)23(13-4-12-22)20(24)11-14-26-19-6-3-5-16(21)15-19/h3,5-10,15H,2,4,11,13-14H2,1H3. The van der Waals surface area contributed by atoms with E-state index in [0.717, 1.165) is 15.9 Å². The van der Waals surface area contributed by atoms with Crippen LogP contribution in [0.25, 0.3) is 0 Å². The van der Waals surface area contributed by atoms with Crippen LogP contribution in [0.3, 0.4) is 0 Å². The van der Waals surface area contributed by atoms with E-state index in [4.69, 9.17) is 14.7 Å². The fourth-order valence-electron chi connectivity index (χ4n) is 2.40. The van der Waals surface area contributed by atoms with Crippen LogP contribution in [0.2, 0.25) is 0 Å². The predicted octanol–water partition coefficient (Wildman–Crippen LogP) is 4.56. The molecule has 0 spiro atoms. The van der Waals surface area contributed by atoms with Crippen LogP contribution in [0.15, 0.2) is 53.0 Å². The van der Waals surface area contributed by atoms with E-state index < -0.39 is 0 Å². The van der Waals surface area contributed by atoms with E-state index in [1.165, 1.54) is 0 Å².